The van der Waals surface area contributed by atoms with Crippen LogP contribution in [0.5, 0.6) is 0 Å². The highest BCUT2D eigenvalue weighted by Gasteiger charge is 2.34. The lowest BCUT2D eigenvalue weighted by atomic mass is 10.2. The van der Waals surface area contributed by atoms with Crippen LogP contribution in [0.1, 0.15) is 6.42 Å². The molecule has 0 aliphatic carbocycles. The smallest absolute Gasteiger partial charge is 0.227 e. The minimum Gasteiger partial charge on any atom is -0.394 e. The van der Waals surface area contributed by atoms with E-state index in [9.17, 15) is 5.11 Å². The summed E-state index contributed by atoms with van der Waals surface area (Å²) in [7, 11) is 0. The number of aromatic nitrogens is 4. The largest absolute Gasteiger partial charge is 0.394 e. The number of nitrogens with zero attached hydrogens (tertiary/aromatic N) is 3. The van der Waals surface area contributed by atoms with Crippen LogP contribution in [0.15, 0.2) is 12.5 Å². The molecule has 0 amide bonds. The fourth-order valence-electron chi connectivity index (χ4n) is 1.79. The Morgan fingerprint density at radius 3 is 3.17 bits per heavy atom. The predicted octanol–water partition coefficient (Wildman–Crippen LogP) is -0.604. The quantitative estimate of drug-likeness (QED) is 0.574. The zero-order valence-corrected chi connectivity index (χ0v) is 9.37. The van der Waals surface area contributed by atoms with Gasteiger partial charge in [0.25, 0.3) is 0 Å². The lowest BCUT2D eigenvalue weighted by Crippen LogP contribution is -2.24. The fourth-order valence-corrected chi connectivity index (χ4v) is 1.79. The molecule has 1 aliphatic rings. The van der Waals surface area contributed by atoms with Gasteiger partial charge in [0.05, 0.1) is 25.2 Å². The van der Waals surface area contributed by atoms with Crippen molar-refractivity contribution in [1.82, 2.24) is 19.9 Å². The third kappa shape index (κ3) is 2.01. The summed E-state index contributed by atoms with van der Waals surface area (Å²) in [6.07, 6.45) is 2.57. The minimum atomic E-state index is -0.716. The Kier molecular flexibility index (Phi) is 2.82. The zero-order chi connectivity index (χ0) is 12.5. The molecule has 0 aromatic carbocycles. The Hall–Kier alpha value is -1.77. The van der Waals surface area contributed by atoms with E-state index in [0.717, 1.165) is 5.52 Å². The van der Waals surface area contributed by atoms with Crippen molar-refractivity contribution in [2.45, 2.75) is 18.6 Å². The zero-order valence-electron chi connectivity index (χ0n) is 9.37. The molecule has 1 fully saturated rings. The second kappa shape index (κ2) is 4.48. The summed E-state index contributed by atoms with van der Waals surface area (Å²) in [6.45, 7) is -0.231. The van der Waals surface area contributed by atoms with Gasteiger partial charge in [-0.2, -0.15) is 4.98 Å². The van der Waals surface area contributed by atoms with E-state index in [0.29, 0.717) is 24.2 Å². The fraction of sp³-hybridized carbons (Fsp3) is 0.400. The maximum Gasteiger partial charge on any atom is 0.227 e. The number of aromatic amines is 1. The molecule has 8 nitrogen and oxygen atoms in total. The van der Waals surface area contributed by atoms with Crippen LogP contribution in [0.4, 0.5) is 5.95 Å². The van der Waals surface area contributed by atoms with Crippen molar-refractivity contribution >= 4 is 17.1 Å². The molecule has 3 heterocycles. The van der Waals surface area contributed by atoms with Crippen molar-refractivity contribution in [3.05, 3.63) is 18.8 Å². The Labute approximate surface area is 102 Å². The Morgan fingerprint density at radius 2 is 2.39 bits per heavy atom. The van der Waals surface area contributed by atoms with E-state index in [4.69, 9.17) is 9.84 Å². The molecule has 2 atom stereocenters. The molecule has 95 valence electrons. The van der Waals surface area contributed by atoms with Crippen molar-refractivity contribution in [2.24, 2.45) is 0 Å². The van der Waals surface area contributed by atoms with Gasteiger partial charge < -0.3 is 25.3 Å². The van der Waals surface area contributed by atoms with Crippen LogP contribution in [-0.2, 0) is 4.74 Å². The molecule has 3 rings (SSSR count). The number of anilines is 1. The minimum absolute atomic E-state index is 0.231. The van der Waals surface area contributed by atoms with Crippen molar-refractivity contribution in [3.8, 4) is 0 Å². The number of aliphatic hydroxyl groups is 2. The van der Waals surface area contributed by atoms with E-state index < -0.39 is 12.2 Å². The van der Waals surface area contributed by atoms with Crippen LogP contribution in [-0.4, -0.2) is 49.0 Å². The SMILES string of the molecule is OC[C@H]1O[C](Nc2ncc3[nH]cnc3n2)C[C@@H]1O. The van der Waals surface area contributed by atoms with Crippen molar-refractivity contribution < 1.29 is 14.9 Å². The van der Waals surface area contributed by atoms with Gasteiger partial charge >= 0.3 is 0 Å². The van der Waals surface area contributed by atoms with Crippen LogP contribution < -0.4 is 5.32 Å². The van der Waals surface area contributed by atoms with Crippen LogP contribution in [0, 0.1) is 6.23 Å². The summed E-state index contributed by atoms with van der Waals surface area (Å²) in [4.78, 5) is 15.1. The Morgan fingerprint density at radius 1 is 1.50 bits per heavy atom. The third-order valence-electron chi connectivity index (χ3n) is 2.72. The molecular weight excluding hydrogens is 238 g/mol. The van der Waals surface area contributed by atoms with Crippen molar-refractivity contribution in [2.75, 3.05) is 11.9 Å². The van der Waals surface area contributed by atoms with Gasteiger partial charge in [0.15, 0.2) is 11.9 Å². The molecular formula is C10H12N5O3. The molecule has 8 heteroatoms. The van der Waals surface area contributed by atoms with E-state index in [2.05, 4.69) is 25.3 Å². The highest BCUT2D eigenvalue weighted by molar-refractivity contribution is 5.69. The van der Waals surface area contributed by atoms with Crippen LogP contribution >= 0.6 is 0 Å². The van der Waals surface area contributed by atoms with E-state index in [1.54, 1.807) is 6.20 Å². The van der Waals surface area contributed by atoms with E-state index in [1.807, 2.05) is 0 Å². The van der Waals surface area contributed by atoms with E-state index in [1.165, 1.54) is 6.33 Å². The predicted molar refractivity (Wildman–Crippen MR) is 61.1 cm³/mol. The molecule has 1 aliphatic heterocycles. The van der Waals surface area contributed by atoms with Crippen LogP contribution in [0.3, 0.4) is 0 Å². The maximum absolute atomic E-state index is 9.57. The first-order valence-corrected chi connectivity index (χ1v) is 5.51. The van der Waals surface area contributed by atoms with Crippen molar-refractivity contribution in [1.29, 1.82) is 0 Å². The number of rotatable bonds is 3. The number of hydrogen-bond donors (Lipinski definition) is 4. The molecule has 1 saturated heterocycles. The molecule has 18 heavy (non-hydrogen) atoms. The second-order valence-corrected chi connectivity index (χ2v) is 3.99. The maximum atomic E-state index is 9.57. The molecule has 2 aromatic heterocycles. The van der Waals surface area contributed by atoms with Gasteiger partial charge in [0.2, 0.25) is 5.95 Å². The average molecular weight is 250 g/mol. The number of imidazole rings is 1. The van der Waals surface area contributed by atoms with Gasteiger partial charge in [-0.15, -0.1) is 0 Å². The van der Waals surface area contributed by atoms with Crippen molar-refractivity contribution in [3.63, 3.8) is 0 Å². The van der Waals surface area contributed by atoms with Gasteiger partial charge in [-0.05, 0) is 0 Å². The van der Waals surface area contributed by atoms with E-state index >= 15 is 0 Å². The topological polar surface area (TPSA) is 116 Å². The number of fused-ring (bicyclic) bond motifs is 1. The summed E-state index contributed by atoms with van der Waals surface area (Å²) in [6, 6.07) is 0. The van der Waals surface area contributed by atoms with E-state index in [-0.39, 0.29) is 6.61 Å². The number of ether oxygens (including phenoxy) is 1. The molecule has 0 bridgehead atoms. The lowest BCUT2D eigenvalue weighted by Gasteiger charge is -2.11. The second-order valence-electron chi connectivity index (χ2n) is 3.99. The molecule has 0 saturated carbocycles. The monoisotopic (exact) mass is 250 g/mol. The first kappa shape index (κ1) is 11.3. The van der Waals surface area contributed by atoms with Crippen LogP contribution in [0.2, 0.25) is 0 Å². The van der Waals surface area contributed by atoms with Crippen LogP contribution in [0.25, 0.3) is 11.2 Å². The number of H-pyrrole nitrogens is 1. The molecule has 0 spiro atoms. The number of hydrogen-bond acceptors (Lipinski definition) is 7. The van der Waals surface area contributed by atoms with Gasteiger partial charge in [-0.1, -0.05) is 0 Å². The summed E-state index contributed by atoms with van der Waals surface area (Å²) in [5.74, 6) is 0.343. The Balaban J connectivity index is 1.72. The highest BCUT2D eigenvalue weighted by Crippen LogP contribution is 2.26. The van der Waals surface area contributed by atoms with Gasteiger partial charge in [-0.25, -0.2) is 9.97 Å². The van der Waals surface area contributed by atoms with Gasteiger partial charge in [0.1, 0.15) is 11.6 Å². The summed E-state index contributed by atoms with van der Waals surface area (Å²) >= 11 is 0. The third-order valence-corrected chi connectivity index (χ3v) is 2.72. The molecule has 2 aromatic rings. The average Bonchev–Trinajstić information content (AvgIpc) is 2.95. The van der Waals surface area contributed by atoms with Gasteiger partial charge in [0, 0.05) is 6.42 Å². The molecule has 1 radical (unpaired) electrons. The molecule has 4 N–H and O–H groups in total. The number of aliphatic hydroxyl groups excluding tert-OH is 2. The number of nitrogens with one attached hydrogen (secondary N) is 2. The summed E-state index contributed by atoms with van der Waals surface area (Å²) in [5.41, 5.74) is 1.29. The normalized spacial score (nSPS) is 24.8. The summed E-state index contributed by atoms with van der Waals surface area (Å²) in [5, 5.41) is 21.4. The lowest BCUT2D eigenvalue weighted by molar-refractivity contribution is 0.00798. The first-order valence-electron chi connectivity index (χ1n) is 5.51. The highest BCUT2D eigenvalue weighted by atomic mass is 16.5. The van der Waals surface area contributed by atoms with Gasteiger partial charge in [-0.3, -0.25) is 0 Å². The summed E-state index contributed by atoms with van der Waals surface area (Å²) < 4.78 is 5.32. The first-order chi connectivity index (χ1) is 8.76. The standard InChI is InChI=1S/C10H12N5O3/c16-3-7-6(17)1-8(18-7)14-10-11-2-5-9(15-10)13-4-12-5/h2,4,6-7,16-17H,1,3H2,(H2,11,12,13,14,15)/t6-,7+/m0/s1. The molecule has 0 unspecified atom stereocenters. The Bertz CT molecular complexity index is 545.